The van der Waals surface area contributed by atoms with Crippen LogP contribution in [0.25, 0.3) is 28.7 Å². The minimum absolute atomic E-state index is 0.316. The fraction of sp³-hybridized carbons (Fsp3) is 0.182. The average Bonchev–Trinajstić information content (AvgIpc) is 3.46. The summed E-state index contributed by atoms with van der Waals surface area (Å²) in [5.74, 6) is 0.952. The van der Waals surface area contributed by atoms with Gasteiger partial charge >= 0.3 is 6.03 Å². The number of pyridine rings is 1. The first-order chi connectivity index (χ1) is 15.3. The number of benzene rings is 1. The number of carbonyl (C=O) groups is 2. The molecule has 0 spiro atoms. The number of nitrogens with zero attached hydrogens (tertiary/aromatic N) is 5. The molecule has 4 heterocycles. The lowest BCUT2D eigenvalue weighted by molar-refractivity contribution is -0.123. The molecule has 1 atom stereocenters. The van der Waals surface area contributed by atoms with Gasteiger partial charge in [-0.25, -0.2) is 14.5 Å². The molecule has 3 aromatic heterocycles. The lowest BCUT2D eigenvalue weighted by Crippen LogP contribution is -2.40. The zero-order valence-electron chi connectivity index (χ0n) is 17.6. The summed E-state index contributed by atoms with van der Waals surface area (Å²) < 4.78 is 7.20. The predicted molar refractivity (Wildman–Crippen MR) is 114 cm³/mol. The molecule has 0 radical (unpaired) electrons. The minimum Gasteiger partial charge on any atom is -0.334 e. The van der Waals surface area contributed by atoms with Gasteiger partial charge in [0.2, 0.25) is 5.82 Å². The molecule has 0 aliphatic carbocycles. The quantitative estimate of drug-likeness (QED) is 0.477. The van der Waals surface area contributed by atoms with Crippen LogP contribution in [-0.4, -0.2) is 36.8 Å². The Balaban J connectivity index is 1.43. The van der Waals surface area contributed by atoms with Crippen LogP contribution in [0.15, 0.2) is 53.2 Å². The van der Waals surface area contributed by atoms with E-state index in [-0.39, 0.29) is 0 Å². The third-order valence-electron chi connectivity index (χ3n) is 5.39. The van der Waals surface area contributed by atoms with Gasteiger partial charge < -0.3 is 9.84 Å². The smallest absolute Gasteiger partial charge is 0.322 e. The van der Waals surface area contributed by atoms with Gasteiger partial charge in [0.25, 0.3) is 11.8 Å². The first-order valence-electron chi connectivity index (χ1n) is 9.92. The van der Waals surface area contributed by atoms with Gasteiger partial charge in [-0.3, -0.25) is 10.1 Å². The highest BCUT2D eigenvalue weighted by atomic mass is 16.5. The highest BCUT2D eigenvalue weighted by Gasteiger charge is 2.43. The van der Waals surface area contributed by atoms with Gasteiger partial charge in [-0.2, -0.15) is 10.1 Å². The van der Waals surface area contributed by atoms with E-state index in [1.54, 1.807) is 42.1 Å². The zero-order chi connectivity index (χ0) is 22.5. The molecule has 1 fully saturated rings. The normalized spacial score (nSPS) is 18.0. The summed E-state index contributed by atoms with van der Waals surface area (Å²) in [6.07, 6.45) is 1.65. The van der Waals surface area contributed by atoms with Crippen molar-refractivity contribution in [3.63, 3.8) is 0 Å². The summed E-state index contributed by atoms with van der Waals surface area (Å²) in [4.78, 5) is 32.8. The number of amides is 3. The Morgan fingerprint density at radius 1 is 1.06 bits per heavy atom. The summed E-state index contributed by atoms with van der Waals surface area (Å²) >= 11 is 0. The van der Waals surface area contributed by atoms with Crippen molar-refractivity contribution >= 4 is 11.9 Å². The van der Waals surface area contributed by atoms with Crippen LogP contribution in [0, 0.1) is 13.8 Å². The standard InChI is InChI=1S/C22H19N7O3/c1-12-9-13(2)29(27-12)17-8-7-15(11-23-17)19-24-18(28-32-19)14-5-4-6-16(10-14)22(3)20(30)25-21(31)26-22/h4-11H,1-3H3,(H2,25,26,30,31). The van der Waals surface area contributed by atoms with E-state index in [1.165, 1.54) is 0 Å². The average molecular weight is 429 g/mol. The predicted octanol–water partition coefficient (Wildman–Crippen LogP) is 2.66. The molecule has 1 aromatic carbocycles. The Labute approximate surface area is 182 Å². The molecule has 5 rings (SSSR count). The SMILES string of the molecule is Cc1cc(C)n(-c2ccc(-c3nc(-c4cccc(C5(C)NC(=O)NC5=O)c4)no3)cn2)n1. The molecule has 4 aromatic rings. The topological polar surface area (TPSA) is 128 Å². The number of hydrogen-bond donors (Lipinski definition) is 2. The molecule has 1 unspecified atom stereocenters. The van der Waals surface area contributed by atoms with Gasteiger partial charge in [-0.1, -0.05) is 23.4 Å². The molecular weight excluding hydrogens is 410 g/mol. The van der Waals surface area contributed by atoms with Gasteiger partial charge in [0, 0.05) is 17.5 Å². The van der Waals surface area contributed by atoms with Crippen LogP contribution in [0.4, 0.5) is 4.79 Å². The van der Waals surface area contributed by atoms with Crippen molar-refractivity contribution in [2.24, 2.45) is 0 Å². The number of aryl methyl sites for hydroxylation is 2. The highest BCUT2D eigenvalue weighted by molar-refractivity contribution is 6.07. The second-order valence-corrected chi connectivity index (χ2v) is 7.78. The molecule has 160 valence electrons. The maximum absolute atomic E-state index is 12.2. The number of rotatable bonds is 4. The van der Waals surface area contributed by atoms with Gasteiger partial charge in [0.1, 0.15) is 5.54 Å². The van der Waals surface area contributed by atoms with Gasteiger partial charge in [0.15, 0.2) is 5.82 Å². The van der Waals surface area contributed by atoms with E-state index >= 15 is 0 Å². The Hall–Kier alpha value is -4.34. The van der Waals surface area contributed by atoms with Crippen molar-refractivity contribution in [2.45, 2.75) is 26.3 Å². The number of carbonyl (C=O) groups excluding carboxylic acids is 2. The molecule has 2 N–H and O–H groups in total. The van der Waals surface area contributed by atoms with E-state index in [0.717, 1.165) is 11.4 Å². The van der Waals surface area contributed by atoms with Crippen molar-refractivity contribution in [3.05, 3.63) is 65.6 Å². The van der Waals surface area contributed by atoms with Gasteiger partial charge in [0.05, 0.1) is 11.3 Å². The van der Waals surface area contributed by atoms with Crippen molar-refractivity contribution in [1.29, 1.82) is 0 Å². The van der Waals surface area contributed by atoms with E-state index in [1.807, 2.05) is 32.0 Å². The van der Waals surface area contributed by atoms with Crippen LogP contribution in [0.2, 0.25) is 0 Å². The lowest BCUT2D eigenvalue weighted by Gasteiger charge is -2.21. The largest absolute Gasteiger partial charge is 0.334 e. The molecule has 1 aliphatic rings. The number of aromatic nitrogens is 5. The molecule has 10 nitrogen and oxygen atoms in total. The molecule has 3 amide bonds. The monoisotopic (exact) mass is 429 g/mol. The first kappa shape index (κ1) is 19.6. The summed E-state index contributed by atoms with van der Waals surface area (Å²) in [7, 11) is 0. The second-order valence-electron chi connectivity index (χ2n) is 7.78. The molecule has 10 heteroatoms. The van der Waals surface area contributed by atoms with Crippen LogP contribution < -0.4 is 10.6 Å². The fourth-order valence-corrected chi connectivity index (χ4v) is 3.67. The minimum atomic E-state index is -1.16. The summed E-state index contributed by atoms with van der Waals surface area (Å²) in [6.45, 7) is 5.54. The number of urea groups is 1. The Bertz CT molecular complexity index is 1360. The number of hydrogen-bond acceptors (Lipinski definition) is 7. The van der Waals surface area contributed by atoms with Gasteiger partial charge in [-0.15, -0.1) is 0 Å². The number of imide groups is 1. The summed E-state index contributed by atoms with van der Waals surface area (Å²) in [5, 5.41) is 13.4. The molecule has 1 saturated heterocycles. The van der Waals surface area contributed by atoms with E-state index < -0.39 is 17.5 Å². The van der Waals surface area contributed by atoms with Crippen molar-refractivity contribution in [3.8, 4) is 28.7 Å². The first-order valence-corrected chi connectivity index (χ1v) is 9.92. The van der Waals surface area contributed by atoms with E-state index in [4.69, 9.17) is 4.52 Å². The molecule has 1 aliphatic heterocycles. The zero-order valence-corrected chi connectivity index (χ0v) is 17.6. The van der Waals surface area contributed by atoms with Crippen molar-refractivity contribution < 1.29 is 14.1 Å². The van der Waals surface area contributed by atoms with E-state index in [0.29, 0.717) is 34.2 Å². The number of nitrogens with one attached hydrogen (secondary N) is 2. The molecule has 0 saturated carbocycles. The Morgan fingerprint density at radius 2 is 1.91 bits per heavy atom. The van der Waals surface area contributed by atoms with Crippen LogP contribution in [0.1, 0.15) is 23.9 Å². The van der Waals surface area contributed by atoms with E-state index in [9.17, 15) is 9.59 Å². The second kappa shape index (κ2) is 7.12. The van der Waals surface area contributed by atoms with E-state index in [2.05, 4.69) is 30.9 Å². The van der Waals surface area contributed by atoms with Crippen LogP contribution in [0.3, 0.4) is 0 Å². The highest BCUT2D eigenvalue weighted by Crippen LogP contribution is 2.29. The molecule has 32 heavy (non-hydrogen) atoms. The van der Waals surface area contributed by atoms with Crippen LogP contribution in [-0.2, 0) is 10.3 Å². The molecule has 0 bridgehead atoms. The van der Waals surface area contributed by atoms with Crippen LogP contribution in [0.5, 0.6) is 0 Å². The third-order valence-corrected chi connectivity index (χ3v) is 5.39. The Morgan fingerprint density at radius 3 is 2.56 bits per heavy atom. The maximum atomic E-state index is 12.2. The summed E-state index contributed by atoms with van der Waals surface area (Å²) in [5.41, 5.74) is 2.67. The van der Waals surface area contributed by atoms with Gasteiger partial charge in [-0.05, 0) is 50.6 Å². The fourth-order valence-electron chi connectivity index (χ4n) is 3.67. The molecular formula is C22H19N7O3. The van der Waals surface area contributed by atoms with Crippen molar-refractivity contribution in [1.82, 2.24) is 35.5 Å². The Kier molecular flexibility index (Phi) is 4.36. The van der Waals surface area contributed by atoms with Crippen LogP contribution >= 0.6 is 0 Å². The maximum Gasteiger partial charge on any atom is 0.322 e. The van der Waals surface area contributed by atoms with Crippen molar-refractivity contribution in [2.75, 3.05) is 0 Å². The summed E-state index contributed by atoms with van der Waals surface area (Å²) in [6, 6.07) is 12.2. The lowest BCUT2D eigenvalue weighted by atomic mass is 9.91. The third kappa shape index (κ3) is 3.22.